The number of urea groups is 1. The quantitative estimate of drug-likeness (QED) is 0.720. The zero-order chi connectivity index (χ0) is 19.4. The van der Waals surface area contributed by atoms with Gasteiger partial charge in [0.2, 0.25) is 0 Å². The number of amides is 2. The van der Waals surface area contributed by atoms with Crippen LogP contribution in [0.5, 0.6) is 0 Å². The summed E-state index contributed by atoms with van der Waals surface area (Å²) in [6.07, 6.45) is 6.85. The predicted molar refractivity (Wildman–Crippen MR) is 102 cm³/mol. The fourth-order valence-corrected chi connectivity index (χ4v) is 2.68. The molecular formula is C18H24N8O. The van der Waals surface area contributed by atoms with Crippen molar-refractivity contribution in [3.8, 4) is 5.69 Å². The van der Waals surface area contributed by atoms with Gasteiger partial charge in [0.15, 0.2) is 0 Å². The summed E-state index contributed by atoms with van der Waals surface area (Å²) >= 11 is 0. The van der Waals surface area contributed by atoms with E-state index in [-0.39, 0.29) is 17.5 Å². The van der Waals surface area contributed by atoms with Gasteiger partial charge in [0, 0.05) is 18.9 Å². The Morgan fingerprint density at radius 2 is 2.07 bits per heavy atom. The first-order valence-electron chi connectivity index (χ1n) is 8.70. The highest BCUT2D eigenvalue weighted by atomic mass is 16.2. The van der Waals surface area contributed by atoms with Gasteiger partial charge < -0.3 is 15.2 Å². The molecule has 3 aromatic rings. The second-order valence-corrected chi connectivity index (χ2v) is 7.55. The molecule has 0 aliphatic rings. The highest BCUT2D eigenvalue weighted by molar-refractivity contribution is 5.91. The molecule has 27 heavy (non-hydrogen) atoms. The van der Waals surface area contributed by atoms with Gasteiger partial charge >= 0.3 is 6.03 Å². The highest BCUT2D eigenvalue weighted by Crippen LogP contribution is 2.23. The summed E-state index contributed by atoms with van der Waals surface area (Å²) in [5.41, 5.74) is 2.22. The minimum atomic E-state index is -0.282. The first-order valence-corrected chi connectivity index (χ1v) is 8.70. The van der Waals surface area contributed by atoms with Crippen molar-refractivity contribution in [2.24, 2.45) is 5.41 Å². The van der Waals surface area contributed by atoms with Crippen molar-refractivity contribution in [2.75, 3.05) is 5.32 Å². The van der Waals surface area contributed by atoms with E-state index in [0.717, 1.165) is 5.56 Å². The molecule has 0 spiro atoms. The van der Waals surface area contributed by atoms with E-state index < -0.39 is 0 Å². The van der Waals surface area contributed by atoms with E-state index in [2.05, 4.69) is 51.9 Å². The first kappa shape index (κ1) is 18.6. The lowest BCUT2D eigenvalue weighted by atomic mass is 9.86. The minimum Gasteiger partial charge on any atom is -0.335 e. The number of rotatable bonds is 5. The smallest absolute Gasteiger partial charge is 0.319 e. The number of imidazole rings is 1. The molecule has 2 aromatic heterocycles. The van der Waals surface area contributed by atoms with Crippen LogP contribution >= 0.6 is 0 Å². The molecule has 0 aliphatic heterocycles. The average molecular weight is 368 g/mol. The lowest BCUT2D eigenvalue weighted by Gasteiger charge is -2.32. The zero-order valence-corrected chi connectivity index (χ0v) is 15.9. The van der Waals surface area contributed by atoms with Gasteiger partial charge in [-0.05, 0) is 40.5 Å². The van der Waals surface area contributed by atoms with Gasteiger partial charge in [0.05, 0.1) is 23.7 Å². The Hall–Kier alpha value is -3.23. The van der Waals surface area contributed by atoms with Crippen molar-refractivity contribution in [3.63, 3.8) is 0 Å². The van der Waals surface area contributed by atoms with Crippen molar-refractivity contribution in [1.82, 2.24) is 35.1 Å². The van der Waals surface area contributed by atoms with Crippen LogP contribution in [0.15, 0.2) is 43.2 Å². The number of anilines is 1. The monoisotopic (exact) mass is 368 g/mol. The molecule has 0 radical (unpaired) electrons. The second-order valence-electron chi connectivity index (χ2n) is 7.55. The summed E-state index contributed by atoms with van der Waals surface area (Å²) in [7, 11) is 0. The van der Waals surface area contributed by atoms with Crippen LogP contribution in [0, 0.1) is 12.3 Å². The predicted octanol–water partition coefficient (Wildman–Crippen LogP) is 2.40. The fraction of sp³-hybridized carbons (Fsp3) is 0.389. The number of carbonyl (C=O) groups is 1. The SMILES string of the molecule is Cc1ccc(-n2cnnn2)c(NC(=O)NC(Cn2ccnc2)C(C)(C)C)c1. The highest BCUT2D eigenvalue weighted by Gasteiger charge is 2.27. The second kappa shape index (κ2) is 7.56. The van der Waals surface area contributed by atoms with Crippen molar-refractivity contribution < 1.29 is 4.79 Å². The summed E-state index contributed by atoms with van der Waals surface area (Å²) in [6.45, 7) is 8.87. The number of hydrogen-bond donors (Lipinski definition) is 2. The van der Waals surface area contributed by atoms with Crippen LogP contribution in [0.3, 0.4) is 0 Å². The van der Waals surface area contributed by atoms with Gasteiger partial charge in [-0.15, -0.1) is 5.10 Å². The van der Waals surface area contributed by atoms with Crippen molar-refractivity contribution in [3.05, 3.63) is 48.8 Å². The van der Waals surface area contributed by atoms with E-state index in [9.17, 15) is 4.79 Å². The van der Waals surface area contributed by atoms with Crippen LogP contribution in [-0.2, 0) is 6.54 Å². The first-order chi connectivity index (χ1) is 12.8. The largest absolute Gasteiger partial charge is 0.335 e. The third kappa shape index (κ3) is 4.69. The molecule has 1 aromatic carbocycles. The normalized spacial score (nSPS) is 12.6. The number of benzene rings is 1. The standard InChI is InChI=1S/C18H24N8O/c1-13-5-6-15(26-12-20-23-24-26)14(9-13)21-17(27)22-16(18(2,3)4)10-25-8-7-19-11-25/h5-9,11-12,16H,10H2,1-4H3,(H2,21,22,27). The third-order valence-corrected chi connectivity index (χ3v) is 4.30. The van der Waals surface area contributed by atoms with Crippen LogP contribution in [0.1, 0.15) is 26.3 Å². The maximum absolute atomic E-state index is 12.7. The average Bonchev–Trinajstić information content (AvgIpc) is 3.27. The van der Waals surface area contributed by atoms with E-state index in [0.29, 0.717) is 17.9 Å². The van der Waals surface area contributed by atoms with Crippen LogP contribution in [0.25, 0.3) is 5.69 Å². The molecule has 0 aliphatic carbocycles. The van der Waals surface area contributed by atoms with Gasteiger partial charge in [0.1, 0.15) is 6.33 Å². The summed E-state index contributed by atoms with van der Waals surface area (Å²) in [5.74, 6) is 0. The van der Waals surface area contributed by atoms with Gasteiger partial charge in [-0.3, -0.25) is 0 Å². The number of nitrogens with zero attached hydrogens (tertiary/aromatic N) is 6. The van der Waals surface area contributed by atoms with Crippen LogP contribution in [0.4, 0.5) is 10.5 Å². The molecule has 0 bridgehead atoms. The Labute approximate surface area is 157 Å². The molecule has 0 fully saturated rings. The Balaban J connectivity index is 1.77. The van der Waals surface area contributed by atoms with Crippen LogP contribution < -0.4 is 10.6 Å². The van der Waals surface area contributed by atoms with Gasteiger partial charge in [-0.2, -0.15) is 4.68 Å². The van der Waals surface area contributed by atoms with Crippen molar-refractivity contribution in [1.29, 1.82) is 0 Å². The summed E-state index contributed by atoms with van der Waals surface area (Å²) in [5, 5.41) is 17.2. The van der Waals surface area contributed by atoms with E-state index in [1.807, 2.05) is 35.9 Å². The molecular weight excluding hydrogens is 344 g/mol. The lowest BCUT2D eigenvalue weighted by Crippen LogP contribution is -2.48. The molecule has 2 N–H and O–H groups in total. The molecule has 2 amide bonds. The van der Waals surface area contributed by atoms with E-state index >= 15 is 0 Å². The molecule has 9 heteroatoms. The molecule has 1 unspecified atom stereocenters. The maximum Gasteiger partial charge on any atom is 0.319 e. The van der Waals surface area contributed by atoms with Crippen LogP contribution in [0.2, 0.25) is 0 Å². The minimum absolute atomic E-state index is 0.0898. The maximum atomic E-state index is 12.7. The summed E-state index contributed by atoms with van der Waals surface area (Å²) in [4.78, 5) is 16.8. The number of aryl methyl sites for hydroxylation is 1. The number of carbonyl (C=O) groups excluding carboxylic acids is 1. The Morgan fingerprint density at radius 1 is 1.26 bits per heavy atom. The van der Waals surface area contributed by atoms with E-state index in [1.165, 1.54) is 11.0 Å². The Bertz CT molecular complexity index is 881. The van der Waals surface area contributed by atoms with Crippen LogP contribution in [-0.4, -0.2) is 41.8 Å². The molecule has 3 rings (SSSR count). The summed E-state index contributed by atoms with van der Waals surface area (Å²) in [6, 6.07) is 5.33. The molecule has 0 saturated carbocycles. The van der Waals surface area contributed by atoms with Crippen molar-refractivity contribution >= 4 is 11.7 Å². The molecule has 1 atom stereocenters. The van der Waals surface area contributed by atoms with Gasteiger partial charge in [0.25, 0.3) is 0 Å². The number of tetrazole rings is 1. The molecule has 0 saturated heterocycles. The molecule has 9 nitrogen and oxygen atoms in total. The zero-order valence-electron chi connectivity index (χ0n) is 15.9. The lowest BCUT2D eigenvalue weighted by molar-refractivity contribution is 0.218. The molecule has 142 valence electrons. The third-order valence-electron chi connectivity index (χ3n) is 4.30. The van der Waals surface area contributed by atoms with Crippen molar-refractivity contribution in [2.45, 2.75) is 40.3 Å². The van der Waals surface area contributed by atoms with E-state index in [1.54, 1.807) is 12.5 Å². The number of aromatic nitrogens is 6. The fourth-order valence-electron chi connectivity index (χ4n) is 2.68. The number of hydrogen-bond acceptors (Lipinski definition) is 5. The molecule has 2 heterocycles. The van der Waals surface area contributed by atoms with Gasteiger partial charge in [-0.25, -0.2) is 9.78 Å². The number of nitrogens with one attached hydrogen (secondary N) is 2. The summed E-state index contributed by atoms with van der Waals surface area (Å²) < 4.78 is 3.47. The Kier molecular flexibility index (Phi) is 5.20. The Morgan fingerprint density at radius 3 is 2.70 bits per heavy atom. The topological polar surface area (TPSA) is 103 Å². The van der Waals surface area contributed by atoms with E-state index in [4.69, 9.17) is 0 Å². The van der Waals surface area contributed by atoms with Gasteiger partial charge in [-0.1, -0.05) is 26.8 Å².